The van der Waals surface area contributed by atoms with Gasteiger partial charge in [-0.1, -0.05) is 6.08 Å². The summed E-state index contributed by atoms with van der Waals surface area (Å²) >= 11 is 0. The molecular formula is C16H15F2N. The summed E-state index contributed by atoms with van der Waals surface area (Å²) in [5, 5.41) is 0. The van der Waals surface area contributed by atoms with E-state index in [-0.39, 0.29) is 0 Å². The number of allylic oxidation sites excluding steroid dienone is 2. The van der Waals surface area contributed by atoms with Crippen LogP contribution in [0.4, 0.5) is 8.78 Å². The Morgan fingerprint density at radius 3 is 2.21 bits per heavy atom. The van der Waals surface area contributed by atoms with Crippen LogP contribution in [-0.2, 0) is 0 Å². The number of hydrogen-bond donors (Lipinski definition) is 0. The summed E-state index contributed by atoms with van der Waals surface area (Å²) in [4.78, 5) is 4.37. The first-order valence-electron chi connectivity index (χ1n) is 6.07. The van der Waals surface area contributed by atoms with Gasteiger partial charge >= 0.3 is 0 Å². The molecule has 0 aliphatic heterocycles. The second-order valence-electron chi connectivity index (χ2n) is 4.52. The van der Waals surface area contributed by atoms with Gasteiger partial charge in [-0.3, -0.25) is 4.98 Å². The quantitative estimate of drug-likeness (QED) is 0.757. The summed E-state index contributed by atoms with van der Waals surface area (Å²) in [6.07, 6.45) is 3.63. The molecule has 1 nitrogen and oxygen atoms in total. The van der Waals surface area contributed by atoms with Crippen LogP contribution in [0.5, 0.6) is 0 Å². The molecule has 0 aliphatic carbocycles. The molecule has 2 rings (SSSR count). The predicted octanol–water partition coefficient (Wildman–Crippen LogP) is 4.76. The zero-order chi connectivity index (χ0) is 14.0. The molecule has 0 amide bonds. The maximum absolute atomic E-state index is 13.2. The van der Waals surface area contributed by atoms with Gasteiger partial charge < -0.3 is 0 Å². The van der Waals surface area contributed by atoms with Crippen molar-refractivity contribution in [3.8, 4) is 11.1 Å². The fourth-order valence-electron chi connectivity index (χ4n) is 2.00. The summed E-state index contributed by atoms with van der Waals surface area (Å²) in [5.74, 6) is -1.16. The van der Waals surface area contributed by atoms with Crippen LogP contribution in [0.25, 0.3) is 16.7 Å². The highest BCUT2D eigenvalue weighted by Gasteiger charge is 2.07. The van der Waals surface area contributed by atoms with Gasteiger partial charge in [0.2, 0.25) is 0 Å². The molecule has 0 atom stereocenters. The molecule has 3 heteroatoms. The van der Waals surface area contributed by atoms with E-state index >= 15 is 0 Å². The molecule has 0 bridgehead atoms. The monoisotopic (exact) mass is 259 g/mol. The largest absolute Gasteiger partial charge is 0.256 e. The van der Waals surface area contributed by atoms with E-state index in [0.29, 0.717) is 11.1 Å². The molecule has 1 aromatic carbocycles. The van der Waals surface area contributed by atoms with Crippen LogP contribution in [0.1, 0.15) is 25.1 Å². The Kier molecular flexibility index (Phi) is 3.74. The van der Waals surface area contributed by atoms with Crippen molar-refractivity contribution in [3.63, 3.8) is 0 Å². The molecule has 1 aromatic heterocycles. The van der Waals surface area contributed by atoms with Gasteiger partial charge in [-0.15, -0.1) is 0 Å². The Balaban J connectivity index is 2.50. The lowest BCUT2D eigenvalue weighted by atomic mass is 10.0. The Morgan fingerprint density at radius 2 is 1.68 bits per heavy atom. The summed E-state index contributed by atoms with van der Waals surface area (Å²) < 4.78 is 26.4. The van der Waals surface area contributed by atoms with Gasteiger partial charge in [0.15, 0.2) is 0 Å². The molecule has 19 heavy (non-hydrogen) atoms. The van der Waals surface area contributed by atoms with Crippen molar-refractivity contribution in [1.29, 1.82) is 0 Å². The summed E-state index contributed by atoms with van der Waals surface area (Å²) in [6.45, 7) is 5.87. The normalized spacial score (nSPS) is 11.7. The molecule has 0 unspecified atom stereocenters. The van der Waals surface area contributed by atoms with Crippen LogP contribution in [0.2, 0.25) is 0 Å². The zero-order valence-electron chi connectivity index (χ0n) is 11.2. The molecule has 0 N–H and O–H groups in total. The fourth-order valence-corrected chi connectivity index (χ4v) is 2.00. The average molecular weight is 259 g/mol. The van der Waals surface area contributed by atoms with Crippen molar-refractivity contribution in [2.24, 2.45) is 0 Å². The fraction of sp³-hybridized carbons (Fsp3) is 0.188. The highest BCUT2D eigenvalue weighted by molar-refractivity contribution is 5.69. The molecule has 0 aliphatic rings. The molecule has 0 radical (unpaired) electrons. The zero-order valence-corrected chi connectivity index (χ0v) is 11.2. The van der Waals surface area contributed by atoms with E-state index in [9.17, 15) is 8.78 Å². The Hall–Kier alpha value is -2.03. The summed E-state index contributed by atoms with van der Waals surface area (Å²) in [7, 11) is 0. The summed E-state index contributed by atoms with van der Waals surface area (Å²) in [6, 6.07) is 5.37. The van der Waals surface area contributed by atoms with Gasteiger partial charge in [0.05, 0.1) is 5.69 Å². The standard InChI is InChI=1S/C16H15F2N/c1-4-10(2)16-11(3)5-13(9-19-16)12-6-14(17)8-15(18)7-12/h4-9H,1-3H3/b10-4-. The van der Waals surface area contributed by atoms with Crippen molar-refractivity contribution in [3.05, 3.63) is 59.4 Å². The van der Waals surface area contributed by atoms with E-state index in [1.165, 1.54) is 12.1 Å². The second-order valence-corrected chi connectivity index (χ2v) is 4.52. The highest BCUT2D eigenvalue weighted by atomic mass is 19.1. The molecule has 1 heterocycles. The Morgan fingerprint density at radius 1 is 1.05 bits per heavy atom. The van der Waals surface area contributed by atoms with Gasteiger partial charge in [0.25, 0.3) is 0 Å². The van der Waals surface area contributed by atoms with Gasteiger partial charge in [0.1, 0.15) is 11.6 Å². The van der Waals surface area contributed by atoms with Crippen molar-refractivity contribution < 1.29 is 8.78 Å². The first kappa shape index (κ1) is 13.4. The minimum absolute atomic E-state index is 0.498. The number of aromatic nitrogens is 1. The van der Waals surface area contributed by atoms with Crippen molar-refractivity contribution in [2.75, 3.05) is 0 Å². The first-order chi connectivity index (χ1) is 9.01. The van der Waals surface area contributed by atoms with Gasteiger partial charge in [-0.2, -0.15) is 0 Å². The number of aryl methyl sites for hydroxylation is 1. The van der Waals surface area contributed by atoms with Crippen LogP contribution < -0.4 is 0 Å². The number of rotatable bonds is 2. The second kappa shape index (κ2) is 5.31. The lowest BCUT2D eigenvalue weighted by Crippen LogP contribution is -1.93. The molecule has 0 saturated carbocycles. The van der Waals surface area contributed by atoms with Crippen molar-refractivity contribution >= 4 is 5.57 Å². The highest BCUT2D eigenvalue weighted by Crippen LogP contribution is 2.25. The molecular weight excluding hydrogens is 244 g/mol. The van der Waals surface area contributed by atoms with E-state index < -0.39 is 11.6 Å². The number of pyridine rings is 1. The van der Waals surface area contributed by atoms with Crippen LogP contribution in [-0.4, -0.2) is 4.98 Å². The van der Waals surface area contributed by atoms with E-state index in [0.717, 1.165) is 22.9 Å². The maximum atomic E-state index is 13.2. The average Bonchev–Trinajstić information content (AvgIpc) is 2.36. The predicted molar refractivity (Wildman–Crippen MR) is 73.7 cm³/mol. The third-order valence-corrected chi connectivity index (χ3v) is 3.08. The lowest BCUT2D eigenvalue weighted by Gasteiger charge is -2.08. The van der Waals surface area contributed by atoms with Crippen LogP contribution >= 0.6 is 0 Å². The number of nitrogens with zero attached hydrogens (tertiary/aromatic N) is 1. The van der Waals surface area contributed by atoms with Crippen molar-refractivity contribution in [2.45, 2.75) is 20.8 Å². The summed E-state index contributed by atoms with van der Waals surface area (Å²) in [5.41, 5.74) is 4.18. The molecule has 0 fully saturated rings. The minimum atomic E-state index is -0.582. The molecule has 0 spiro atoms. The van der Waals surface area contributed by atoms with Crippen molar-refractivity contribution in [1.82, 2.24) is 4.98 Å². The SMILES string of the molecule is C/C=C(/C)c1ncc(-c2cc(F)cc(F)c2)cc1C. The van der Waals surface area contributed by atoms with E-state index in [1.54, 1.807) is 6.20 Å². The minimum Gasteiger partial charge on any atom is -0.256 e. The number of benzene rings is 1. The topological polar surface area (TPSA) is 12.9 Å². The van der Waals surface area contributed by atoms with Crippen LogP contribution in [0.3, 0.4) is 0 Å². The molecule has 2 aromatic rings. The van der Waals surface area contributed by atoms with E-state index in [1.807, 2.05) is 32.9 Å². The molecule has 98 valence electrons. The van der Waals surface area contributed by atoms with E-state index in [2.05, 4.69) is 4.98 Å². The third kappa shape index (κ3) is 2.87. The molecule has 0 saturated heterocycles. The third-order valence-electron chi connectivity index (χ3n) is 3.08. The Bertz CT molecular complexity index is 625. The van der Waals surface area contributed by atoms with Gasteiger partial charge in [-0.25, -0.2) is 8.78 Å². The smallest absolute Gasteiger partial charge is 0.126 e. The van der Waals surface area contributed by atoms with Crippen LogP contribution in [0, 0.1) is 18.6 Å². The maximum Gasteiger partial charge on any atom is 0.126 e. The Labute approximate surface area is 111 Å². The number of hydrogen-bond acceptors (Lipinski definition) is 1. The first-order valence-corrected chi connectivity index (χ1v) is 6.07. The van der Waals surface area contributed by atoms with E-state index in [4.69, 9.17) is 0 Å². The number of halogens is 2. The van der Waals surface area contributed by atoms with Gasteiger partial charge in [-0.05, 0) is 55.7 Å². The van der Waals surface area contributed by atoms with Gasteiger partial charge in [0, 0.05) is 17.8 Å². The van der Waals surface area contributed by atoms with Crippen LogP contribution in [0.15, 0.2) is 36.5 Å². The lowest BCUT2D eigenvalue weighted by molar-refractivity contribution is 0.584.